The number of carbonyl (C=O) groups excluding carboxylic acids is 1. The Kier molecular flexibility index (Phi) is 5.84. The van der Waals surface area contributed by atoms with E-state index in [4.69, 9.17) is 0 Å². The Hall–Kier alpha value is -3.99. The van der Waals surface area contributed by atoms with Gasteiger partial charge in [-0.15, -0.1) is 0 Å². The average molecular weight is 454 g/mol. The summed E-state index contributed by atoms with van der Waals surface area (Å²) in [4.78, 5) is 28.0. The van der Waals surface area contributed by atoms with Crippen LogP contribution in [-0.4, -0.2) is 28.4 Å². The fraction of sp³-hybridized carbons (Fsp3) is 0.172. The number of aryl methyl sites for hydroxylation is 1. The zero-order valence-corrected chi connectivity index (χ0v) is 18.5. The molecule has 0 aliphatic carbocycles. The summed E-state index contributed by atoms with van der Waals surface area (Å²) < 4.78 is 13.3. The van der Waals surface area contributed by atoms with Crippen LogP contribution in [0.3, 0.4) is 0 Å². The van der Waals surface area contributed by atoms with E-state index in [-0.39, 0.29) is 11.7 Å². The van der Waals surface area contributed by atoms with Gasteiger partial charge in [0.15, 0.2) is 0 Å². The predicted molar refractivity (Wildman–Crippen MR) is 129 cm³/mol. The molecule has 1 heterocycles. The van der Waals surface area contributed by atoms with Crippen molar-refractivity contribution < 1.29 is 19.1 Å². The number of amides is 1. The first-order chi connectivity index (χ1) is 16.5. The summed E-state index contributed by atoms with van der Waals surface area (Å²) in [5, 5.41) is 12.3. The summed E-state index contributed by atoms with van der Waals surface area (Å²) in [5.41, 5.74) is 2.79. The van der Waals surface area contributed by atoms with Crippen molar-refractivity contribution in [3.8, 4) is 0 Å². The zero-order valence-electron chi connectivity index (χ0n) is 18.5. The van der Waals surface area contributed by atoms with Gasteiger partial charge in [0.2, 0.25) is 0 Å². The van der Waals surface area contributed by atoms with Gasteiger partial charge in [-0.3, -0.25) is 9.59 Å². The van der Waals surface area contributed by atoms with Crippen LogP contribution in [0.4, 0.5) is 4.39 Å². The molecule has 1 aliphatic heterocycles. The molecule has 0 aromatic heterocycles. The molecule has 2 atom stereocenters. The molecule has 0 fully saturated rings. The Morgan fingerprint density at radius 2 is 1.53 bits per heavy atom. The lowest BCUT2D eigenvalue weighted by Crippen LogP contribution is -2.45. The number of hydrogen-bond acceptors (Lipinski definition) is 2. The van der Waals surface area contributed by atoms with Crippen LogP contribution in [0.1, 0.15) is 45.4 Å². The maximum atomic E-state index is 13.7. The van der Waals surface area contributed by atoms with Crippen molar-refractivity contribution in [1.82, 2.24) is 4.90 Å². The number of carboxylic acid groups (broad SMARTS) is 1. The van der Waals surface area contributed by atoms with E-state index in [2.05, 4.69) is 0 Å². The number of carbonyl (C=O) groups is 2. The summed E-state index contributed by atoms with van der Waals surface area (Å²) in [5.74, 6) is -2.29. The number of hydrogen-bond donors (Lipinski definition) is 1. The van der Waals surface area contributed by atoms with Gasteiger partial charge in [0.25, 0.3) is 5.91 Å². The molecule has 4 nitrogen and oxygen atoms in total. The fourth-order valence-electron chi connectivity index (χ4n) is 5.06. The number of aliphatic carboxylic acids is 1. The second kappa shape index (κ2) is 9.10. The number of fused-ring (bicyclic) bond motifs is 2. The smallest absolute Gasteiger partial charge is 0.313 e. The number of halogens is 1. The topological polar surface area (TPSA) is 57.6 Å². The molecule has 0 unspecified atom stereocenters. The number of carboxylic acids is 1. The van der Waals surface area contributed by atoms with E-state index in [1.807, 2.05) is 42.5 Å². The normalized spacial score (nSPS) is 17.6. The van der Waals surface area contributed by atoms with Crippen LogP contribution in [0.2, 0.25) is 0 Å². The second-order valence-electron chi connectivity index (χ2n) is 8.64. The van der Waals surface area contributed by atoms with Crippen molar-refractivity contribution in [2.75, 3.05) is 6.54 Å². The van der Waals surface area contributed by atoms with Crippen molar-refractivity contribution >= 4 is 22.6 Å². The third kappa shape index (κ3) is 3.94. The van der Waals surface area contributed by atoms with Crippen LogP contribution in [0.5, 0.6) is 0 Å². The SMILES string of the molecule is O=C(O)[C@@H]1c2ccccc2C(=O)N(CCCc2ccc(F)cc2)[C@H]1c1cccc2ccccc12. The molecule has 1 aliphatic rings. The van der Waals surface area contributed by atoms with Crippen molar-refractivity contribution in [3.63, 3.8) is 0 Å². The largest absolute Gasteiger partial charge is 0.481 e. The molecule has 170 valence electrons. The van der Waals surface area contributed by atoms with Gasteiger partial charge in [-0.2, -0.15) is 0 Å². The molecule has 5 heteroatoms. The number of rotatable bonds is 6. The number of benzene rings is 4. The highest BCUT2D eigenvalue weighted by Crippen LogP contribution is 2.44. The molecular weight excluding hydrogens is 429 g/mol. The highest BCUT2D eigenvalue weighted by atomic mass is 19.1. The third-order valence-electron chi connectivity index (χ3n) is 6.62. The van der Waals surface area contributed by atoms with Gasteiger partial charge in [-0.05, 0) is 58.5 Å². The Bertz CT molecular complexity index is 1360. The summed E-state index contributed by atoms with van der Waals surface area (Å²) in [6.07, 6.45) is 1.29. The zero-order chi connectivity index (χ0) is 23.7. The first kappa shape index (κ1) is 21.8. The van der Waals surface area contributed by atoms with Gasteiger partial charge in [0, 0.05) is 12.1 Å². The first-order valence-electron chi connectivity index (χ1n) is 11.4. The summed E-state index contributed by atoms with van der Waals surface area (Å²) in [7, 11) is 0. The number of nitrogens with zero attached hydrogens (tertiary/aromatic N) is 1. The lowest BCUT2D eigenvalue weighted by Gasteiger charge is -2.41. The molecule has 0 spiro atoms. The molecule has 34 heavy (non-hydrogen) atoms. The second-order valence-corrected chi connectivity index (χ2v) is 8.64. The third-order valence-corrected chi connectivity index (χ3v) is 6.62. The lowest BCUT2D eigenvalue weighted by molar-refractivity contribution is -0.140. The minimum absolute atomic E-state index is 0.162. The average Bonchev–Trinajstić information content (AvgIpc) is 2.86. The standard InChI is InChI=1S/C29H24FNO3/c30-21-16-14-19(15-17-21)7-6-18-31-27(24-13-5-9-20-8-1-2-10-22(20)24)26(29(33)34)23-11-3-4-12-25(23)28(31)32/h1-5,8-17,26-27H,6-7,18H2,(H,33,34)/t26-,27+/m1/s1. The maximum Gasteiger partial charge on any atom is 0.313 e. The minimum Gasteiger partial charge on any atom is -0.481 e. The molecule has 0 saturated carbocycles. The molecule has 1 amide bonds. The molecule has 1 N–H and O–H groups in total. The van der Waals surface area contributed by atoms with E-state index in [0.717, 1.165) is 21.9 Å². The first-order valence-corrected chi connectivity index (χ1v) is 11.4. The monoisotopic (exact) mass is 453 g/mol. The predicted octanol–water partition coefficient (Wildman–Crippen LogP) is 5.98. The Balaban J connectivity index is 1.58. The Morgan fingerprint density at radius 1 is 0.853 bits per heavy atom. The molecule has 0 saturated heterocycles. The van der Waals surface area contributed by atoms with Crippen molar-refractivity contribution in [3.05, 3.63) is 119 Å². The Labute approximate surface area is 197 Å². The van der Waals surface area contributed by atoms with E-state index in [0.29, 0.717) is 30.5 Å². The van der Waals surface area contributed by atoms with Gasteiger partial charge in [0.1, 0.15) is 11.7 Å². The summed E-state index contributed by atoms with van der Waals surface area (Å²) in [6.45, 7) is 0.391. The van der Waals surface area contributed by atoms with Crippen LogP contribution >= 0.6 is 0 Å². The maximum absolute atomic E-state index is 13.7. The molecule has 4 aromatic rings. The van der Waals surface area contributed by atoms with Crippen LogP contribution in [0, 0.1) is 5.82 Å². The summed E-state index contributed by atoms with van der Waals surface area (Å²) in [6, 6.07) is 26.4. The van der Waals surface area contributed by atoms with Gasteiger partial charge < -0.3 is 10.0 Å². The van der Waals surface area contributed by atoms with Crippen LogP contribution in [-0.2, 0) is 11.2 Å². The molecule has 0 radical (unpaired) electrons. The molecule has 5 rings (SSSR count). The molecule has 0 bridgehead atoms. The van der Waals surface area contributed by atoms with Crippen molar-refractivity contribution in [1.29, 1.82) is 0 Å². The van der Waals surface area contributed by atoms with E-state index < -0.39 is 17.9 Å². The van der Waals surface area contributed by atoms with Gasteiger partial charge in [-0.1, -0.05) is 72.8 Å². The van der Waals surface area contributed by atoms with E-state index in [9.17, 15) is 19.1 Å². The van der Waals surface area contributed by atoms with Crippen molar-refractivity contribution in [2.24, 2.45) is 0 Å². The van der Waals surface area contributed by atoms with Gasteiger partial charge in [0.05, 0.1) is 6.04 Å². The highest BCUT2D eigenvalue weighted by Gasteiger charge is 2.44. The Morgan fingerprint density at radius 3 is 2.32 bits per heavy atom. The van der Waals surface area contributed by atoms with Crippen LogP contribution < -0.4 is 0 Å². The van der Waals surface area contributed by atoms with Gasteiger partial charge >= 0.3 is 5.97 Å². The summed E-state index contributed by atoms with van der Waals surface area (Å²) >= 11 is 0. The quantitative estimate of drug-likeness (QED) is 0.391. The molecular formula is C29H24FNO3. The lowest BCUT2D eigenvalue weighted by atomic mass is 9.78. The highest BCUT2D eigenvalue weighted by molar-refractivity contribution is 6.01. The van der Waals surface area contributed by atoms with Crippen LogP contribution in [0.25, 0.3) is 10.8 Å². The van der Waals surface area contributed by atoms with Crippen LogP contribution in [0.15, 0.2) is 91.0 Å². The van der Waals surface area contributed by atoms with Gasteiger partial charge in [-0.25, -0.2) is 4.39 Å². The fourth-order valence-corrected chi connectivity index (χ4v) is 5.06. The van der Waals surface area contributed by atoms with Crippen molar-refractivity contribution in [2.45, 2.75) is 24.8 Å². The van der Waals surface area contributed by atoms with E-state index >= 15 is 0 Å². The van der Waals surface area contributed by atoms with E-state index in [1.165, 1.54) is 12.1 Å². The molecule has 4 aromatic carbocycles. The van der Waals surface area contributed by atoms with E-state index in [1.54, 1.807) is 41.3 Å². The minimum atomic E-state index is -0.957.